The molecule has 162 valence electrons. The summed E-state index contributed by atoms with van der Waals surface area (Å²) < 4.78 is 28.1. The molecule has 1 aliphatic heterocycles. The Morgan fingerprint density at radius 3 is 2.81 bits per heavy atom. The van der Waals surface area contributed by atoms with Crippen LogP contribution in [-0.4, -0.2) is 46.4 Å². The Balaban J connectivity index is 1.70. The van der Waals surface area contributed by atoms with E-state index in [1.807, 2.05) is 11.5 Å². The summed E-state index contributed by atoms with van der Waals surface area (Å²) in [5, 5.41) is 8.31. The van der Waals surface area contributed by atoms with Gasteiger partial charge in [-0.05, 0) is 36.8 Å². The van der Waals surface area contributed by atoms with Crippen LogP contribution in [0, 0.1) is 5.82 Å². The van der Waals surface area contributed by atoms with Gasteiger partial charge in [0, 0.05) is 30.3 Å². The SMILES string of the molecule is CCn1cnc2c(-c3ccc(F)c(-c4ccc5c(c4OC)N(C)C(=O)CO5)c3)cnnc21. The molecule has 2 aromatic carbocycles. The molecule has 0 spiro atoms. The van der Waals surface area contributed by atoms with Crippen molar-refractivity contribution in [2.24, 2.45) is 0 Å². The van der Waals surface area contributed by atoms with Gasteiger partial charge in [-0.1, -0.05) is 6.07 Å². The van der Waals surface area contributed by atoms with E-state index in [0.717, 1.165) is 11.1 Å². The second-order valence-corrected chi connectivity index (χ2v) is 7.39. The first-order valence-electron chi connectivity index (χ1n) is 10.1. The quantitative estimate of drug-likeness (QED) is 0.488. The van der Waals surface area contributed by atoms with Gasteiger partial charge in [0.2, 0.25) is 0 Å². The number of aryl methyl sites for hydroxylation is 1. The summed E-state index contributed by atoms with van der Waals surface area (Å²) in [5.41, 5.74) is 4.15. The highest BCUT2D eigenvalue weighted by Gasteiger charge is 2.29. The lowest BCUT2D eigenvalue weighted by Crippen LogP contribution is -2.35. The number of ether oxygens (including phenoxy) is 2. The van der Waals surface area contributed by atoms with E-state index in [-0.39, 0.29) is 12.5 Å². The number of hydrogen-bond donors (Lipinski definition) is 0. The number of hydrogen-bond acceptors (Lipinski definition) is 6. The summed E-state index contributed by atoms with van der Waals surface area (Å²) in [6, 6.07) is 8.27. The Bertz CT molecular complexity index is 1370. The number of imidazole rings is 1. The van der Waals surface area contributed by atoms with E-state index in [0.29, 0.717) is 46.0 Å². The molecule has 0 bridgehead atoms. The van der Waals surface area contributed by atoms with Crippen molar-refractivity contribution in [2.45, 2.75) is 13.5 Å². The van der Waals surface area contributed by atoms with E-state index in [4.69, 9.17) is 9.47 Å². The number of nitrogens with zero attached hydrogens (tertiary/aromatic N) is 5. The van der Waals surface area contributed by atoms with Gasteiger partial charge >= 0.3 is 0 Å². The van der Waals surface area contributed by atoms with E-state index in [1.54, 1.807) is 43.8 Å². The first-order chi connectivity index (χ1) is 15.5. The maximum Gasteiger partial charge on any atom is 0.264 e. The molecule has 0 N–H and O–H groups in total. The monoisotopic (exact) mass is 433 g/mol. The fourth-order valence-electron chi connectivity index (χ4n) is 3.98. The number of likely N-dealkylation sites (N-methyl/N-ethyl adjacent to an activating group) is 1. The van der Waals surface area contributed by atoms with Crippen molar-refractivity contribution in [3.63, 3.8) is 0 Å². The topological polar surface area (TPSA) is 82.4 Å². The molecule has 0 radical (unpaired) electrons. The fourth-order valence-corrected chi connectivity index (χ4v) is 3.98. The fraction of sp³-hybridized carbons (Fsp3) is 0.217. The molecule has 0 fully saturated rings. The molecule has 0 unspecified atom stereocenters. The average molecular weight is 433 g/mol. The predicted molar refractivity (Wildman–Crippen MR) is 117 cm³/mol. The largest absolute Gasteiger partial charge is 0.494 e. The van der Waals surface area contributed by atoms with E-state index < -0.39 is 5.82 Å². The molecule has 1 aliphatic rings. The molecule has 8 nitrogen and oxygen atoms in total. The Morgan fingerprint density at radius 1 is 1.19 bits per heavy atom. The number of aromatic nitrogens is 4. The Kier molecular flexibility index (Phi) is 4.73. The lowest BCUT2D eigenvalue weighted by atomic mass is 9.97. The Labute approximate surface area is 183 Å². The molecule has 3 heterocycles. The molecule has 0 atom stereocenters. The summed E-state index contributed by atoms with van der Waals surface area (Å²) in [5.74, 6) is 0.241. The molecule has 0 saturated heterocycles. The van der Waals surface area contributed by atoms with Crippen LogP contribution in [0.4, 0.5) is 10.1 Å². The van der Waals surface area contributed by atoms with Crippen LogP contribution in [0.2, 0.25) is 0 Å². The van der Waals surface area contributed by atoms with Crippen LogP contribution in [0.3, 0.4) is 0 Å². The summed E-state index contributed by atoms with van der Waals surface area (Å²) in [6.07, 6.45) is 3.34. The third-order valence-electron chi connectivity index (χ3n) is 5.67. The normalized spacial score (nSPS) is 13.2. The van der Waals surface area contributed by atoms with Gasteiger partial charge in [0.1, 0.15) is 22.8 Å². The summed E-state index contributed by atoms with van der Waals surface area (Å²) in [7, 11) is 3.13. The standard InChI is InChI=1S/C23H20FN5O3/c1-4-29-12-25-20-16(10-26-27-23(20)29)13-5-7-17(24)15(9-13)14-6-8-18-21(22(14)31-3)28(2)19(30)11-32-18/h5-10,12H,4,11H2,1-3H3. The van der Waals surface area contributed by atoms with Crippen molar-refractivity contribution in [3.05, 3.63) is 48.7 Å². The van der Waals surface area contributed by atoms with Gasteiger partial charge in [0.05, 0.1) is 19.6 Å². The molecule has 2 aromatic heterocycles. The van der Waals surface area contributed by atoms with Crippen LogP contribution < -0.4 is 14.4 Å². The van der Waals surface area contributed by atoms with Crippen molar-refractivity contribution in [1.82, 2.24) is 19.7 Å². The molecule has 5 rings (SSSR count). The Hall–Kier alpha value is -4.01. The minimum Gasteiger partial charge on any atom is -0.494 e. The number of methoxy groups -OCH3 is 1. The number of halogens is 1. The van der Waals surface area contributed by atoms with Gasteiger partial charge in [-0.15, -0.1) is 5.10 Å². The van der Waals surface area contributed by atoms with Crippen LogP contribution in [0.25, 0.3) is 33.4 Å². The lowest BCUT2D eigenvalue weighted by Gasteiger charge is -2.28. The zero-order valence-electron chi connectivity index (χ0n) is 17.8. The lowest BCUT2D eigenvalue weighted by molar-refractivity contribution is -0.121. The smallest absolute Gasteiger partial charge is 0.264 e. The number of fused-ring (bicyclic) bond motifs is 2. The molecule has 0 aliphatic carbocycles. The van der Waals surface area contributed by atoms with Gasteiger partial charge in [0.25, 0.3) is 5.91 Å². The number of amides is 1. The first kappa shape index (κ1) is 19.9. The second-order valence-electron chi connectivity index (χ2n) is 7.39. The Morgan fingerprint density at radius 2 is 2.03 bits per heavy atom. The van der Waals surface area contributed by atoms with Gasteiger partial charge in [-0.3, -0.25) is 4.79 Å². The first-order valence-corrected chi connectivity index (χ1v) is 10.1. The minimum absolute atomic E-state index is 0.0503. The summed E-state index contributed by atoms with van der Waals surface area (Å²) in [4.78, 5) is 18.1. The van der Waals surface area contributed by atoms with E-state index in [9.17, 15) is 4.79 Å². The molecule has 0 saturated carbocycles. The third-order valence-corrected chi connectivity index (χ3v) is 5.67. The van der Waals surface area contributed by atoms with Crippen molar-refractivity contribution in [1.29, 1.82) is 0 Å². The van der Waals surface area contributed by atoms with Crippen LogP contribution in [0.15, 0.2) is 42.9 Å². The number of carbonyl (C=O) groups excluding carboxylic acids is 1. The van der Waals surface area contributed by atoms with Crippen LogP contribution in [0.1, 0.15) is 6.92 Å². The molecular formula is C23H20FN5O3. The van der Waals surface area contributed by atoms with Crippen LogP contribution >= 0.6 is 0 Å². The maximum atomic E-state index is 15.1. The summed E-state index contributed by atoms with van der Waals surface area (Å²) in [6.45, 7) is 2.66. The van der Waals surface area contributed by atoms with Crippen molar-refractivity contribution in [3.8, 4) is 33.8 Å². The predicted octanol–water partition coefficient (Wildman–Crippen LogP) is 3.68. The zero-order chi connectivity index (χ0) is 22.4. The highest BCUT2D eigenvalue weighted by Crippen LogP contribution is 2.47. The van der Waals surface area contributed by atoms with Crippen LogP contribution in [-0.2, 0) is 11.3 Å². The van der Waals surface area contributed by atoms with Crippen LogP contribution in [0.5, 0.6) is 11.5 Å². The van der Waals surface area contributed by atoms with E-state index in [2.05, 4.69) is 15.2 Å². The van der Waals surface area contributed by atoms with E-state index >= 15 is 4.39 Å². The van der Waals surface area contributed by atoms with Gasteiger partial charge in [-0.2, -0.15) is 5.10 Å². The van der Waals surface area contributed by atoms with Gasteiger partial charge in [0.15, 0.2) is 18.0 Å². The zero-order valence-corrected chi connectivity index (χ0v) is 17.8. The molecule has 32 heavy (non-hydrogen) atoms. The summed E-state index contributed by atoms with van der Waals surface area (Å²) >= 11 is 0. The van der Waals surface area contributed by atoms with Gasteiger partial charge < -0.3 is 18.9 Å². The number of carbonyl (C=O) groups is 1. The maximum absolute atomic E-state index is 15.1. The minimum atomic E-state index is -0.421. The van der Waals surface area contributed by atoms with Crippen molar-refractivity contribution < 1.29 is 18.7 Å². The second kappa shape index (κ2) is 7.60. The highest BCUT2D eigenvalue weighted by atomic mass is 19.1. The molecule has 9 heteroatoms. The van der Waals surface area contributed by atoms with Crippen molar-refractivity contribution in [2.75, 3.05) is 25.7 Å². The number of rotatable bonds is 4. The molecule has 4 aromatic rings. The molecule has 1 amide bonds. The van der Waals surface area contributed by atoms with Crippen molar-refractivity contribution >= 4 is 22.8 Å². The van der Waals surface area contributed by atoms with Gasteiger partial charge in [-0.25, -0.2) is 9.37 Å². The molecular weight excluding hydrogens is 413 g/mol. The highest BCUT2D eigenvalue weighted by molar-refractivity contribution is 6.01. The third kappa shape index (κ3) is 2.96. The van der Waals surface area contributed by atoms with E-state index in [1.165, 1.54) is 18.1 Å². The number of benzene rings is 2. The average Bonchev–Trinajstić information content (AvgIpc) is 3.24. The number of anilines is 1.